The number of anilines is 1. The van der Waals surface area contributed by atoms with E-state index in [0.717, 1.165) is 23.3 Å². The Morgan fingerprint density at radius 3 is 3.29 bits per heavy atom. The second-order valence-electron chi connectivity index (χ2n) is 4.07. The van der Waals surface area contributed by atoms with Crippen LogP contribution in [-0.2, 0) is 4.74 Å². The molecular formula is C12H14N2O3. The number of furan rings is 1. The normalized spacial score (nSPS) is 21.0. The molecule has 2 aromatic rings. The van der Waals surface area contributed by atoms with Crippen LogP contribution >= 0.6 is 0 Å². The summed E-state index contributed by atoms with van der Waals surface area (Å²) in [6.45, 7) is 2.00. The van der Waals surface area contributed by atoms with E-state index >= 15 is 0 Å². The summed E-state index contributed by atoms with van der Waals surface area (Å²) < 4.78 is 10.7. The average molecular weight is 234 g/mol. The van der Waals surface area contributed by atoms with E-state index in [0.29, 0.717) is 13.2 Å². The van der Waals surface area contributed by atoms with E-state index in [1.165, 1.54) is 0 Å². The highest BCUT2D eigenvalue weighted by atomic mass is 16.5. The van der Waals surface area contributed by atoms with Gasteiger partial charge in [-0.25, -0.2) is 4.98 Å². The van der Waals surface area contributed by atoms with Gasteiger partial charge in [-0.15, -0.1) is 0 Å². The zero-order valence-electron chi connectivity index (χ0n) is 9.37. The number of aromatic nitrogens is 1. The van der Waals surface area contributed by atoms with E-state index in [-0.39, 0.29) is 12.6 Å². The fourth-order valence-electron chi connectivity index (χ4n) is 2.19. The maximum atomic E-state index is 9.37. The lowest BCUT2D eigenvalue weighted by Gasteiger charge is -2.35. The molecule has 5 heteroatoms. The highest BCUT2D eigenvalue weighted by molar-refractivity contribution is 5.88. The Hall–Kier alpha value is -1.59. The summed E-state index contributed by atoms with van der Waals surface area (Å²) in [7, 11) is 0. The van der Waals surface area contributed by atoms with E-state index in [2.05, 4.69) is 9.88 Å². The van der Waals surface area contributed by atoms with Crippen molar-refractivity contribution in [2.75, 3.05) is 31.3 Å². The Morgan fingerprint density at radius 1 is 1.47 bits per heavy atom. The molecule has 90 valence electrons. The predicted molar refractivity (Wildman–Crippen MR) is 63.0 cm³/mol. The van der Waals surface area contributed by atoms with Gasteiger partial charge in [0.2, 0.25) is 0 Å². The van der Waals surface area contributed by atoms with Crippen molar-refractivity contribution in [3.8, 4) is 0 Å². The van der Waals surface area contributed by atoms with Gasteiger partial charge in [-0.3, -0.25) is 0 Å². The molecule has 0 aliphatic carbocycles. The van der Waals surface area contributed by atoms with E-state index in [4.69, 9.17) is 9.15 Å². The number of ether oxygens (including phenoxy) is 1. The second kappa shape index (κ2) is 4.35. The average Bonchev–Trinajstić information content (AvgIpc) is 2.86. The number of nitrogens with zero attached hydrogens (tertiary/aromatic N) is 2. The predicted octanol–water partition coefficient (Wildman–Crippen LogP) is 1.03. The second-order valence-corrected chi connectivity index (χ2v) is 4.07. The number of aliphatic hydroxyl groups excluding tert-OH is 1. The van der Waals surface area contributed by atoms with Crippen LogP contribution in [-0.4, -0.2) is 42.5 Å². The maximum absolute atomic E-state index is 9.37. The molecule has 0 amide bonds. The Balaban J connectivity index is 2.04. The molecule has 17 heavy (non-hydrogen) atoms. The highest BCUT2D eigenvalue weighted by Crippen LogP contribution is 2.27. The molecule has 1 N–H and O–H groups in total. The van der Waals surface area contributed by atoms with Gasteiger partial charge in [0.15, 0.2) is 0 Å². The lowest BCUT2D eigenvalue weighted by molar-refractivity contribution is 0.0724. The first kappa shape index (κ1) is 10.6. The van der Waals surface area contributed by atoms with Gasteiger partial charge in [0, 0.05) is 12.7 Å². The van der Waals surface area contributed by atoms with Crippen LogP contribution in [0.2, 0.25) is 0 Å². The summed E-state index contributed by atoms with van der Waals surface area (Å²) in [5.41, 5.74) is 0.818. The molecular weight excluding hydrogens is 220 g/mol. The highest BCUT2D eigenvalue weighted by Gasteiger charge is 2.25. The minimum absolute atomic E-state index is 0.0308. The molecule has 1 atom stereocenters. The van der Waals surface area contributed by atoms with Crippen molar-refractivity contribution >= 4 is 16.8 Å². The maximum Gasteiger partial charge on any atom is 0.140 e. The molecule has 0 saturated carbocycles. The number of rotatable bonds is 2. The van der Waals surface area contributed by atoms with Crippen molar-refractivity contribution < 1.29 is 14.3 Å². The molecule has 0 spiro atoms. The number of aliphatic hydroxyl groups is 1. The number of hydrogen-bond acceptors (Lipinski definition) is 5. The van der Waals surface area contributed by atoms with Crippen LogP contribution in [0.4, 0.5) is 5.82 Å². The first-order valence-electron chi connectivity index (χ1n) is 5.67. The van der Waals surface area contributed by atoms with Crippen LogP contribution in [0.1, 0.15) is 0 Å². The van der Waals surface area contributed by atoms with Crippen molar-refractivity contribution in [1.82, 2.24) is 4.98 Å². The van der Waals surface area contributed by atoms with Crippen molar-refractivity contribution in [2.24, 2.45) is 0 Å². The van der Waals surface area contributed by atoms with Gasteiger partial charge in [0.25, 0.3) is 0 Å². The van der Waals surface area contributed by atoms with Gasteiger partial charge >= 0.3 is 0 Å². The van der Waals surface area contributed by atoms with E-state index in [9.17, 15) is 5.11 Å². The van der Waals surface area contributed by atoms with Crippen molar-refractivity contribution in [1.29, 1.82) is 0 Å². The topological polar surface area (TPSA) is 58.7 Å². The summed E-state index contributed by atoms with van der Waals surface area (Å²) in [5.74, 6) is 0.860. The first-order valence-corrected chi connectivity index (χ1v) is 5.67. The largest absolute Gasteiger partial charge is 0.464 e. The number of morpholine rings is 1. The SMILES string of the molecule is OCC1COCCN1c1nccc2occc12. The lowest BCUT2D eigenvalue weighted by atomic mass is 10.2. The summed E-state index contributed by atoms with van der Waals surface area (Å²) in [6.07, 6.45) is 3.38. The Morgan fingerprint density at radius 2 is 2.41 bits per heavy atom. The summed E-state index contributed by atoms with van der Waals surface area (Å²) in [6, 6.07) is 3.71. The van der Waals surface area contributed by atoms with Crippen LogP contribution in [0.5, 0.6) is 0 Å². The fraction of sp³-hybridized carbons (Fsp3) is 0.417. The first-order chi connectivity index (χ1) is 8.40. The van der Waals surface area contributed by atoms with E-state index in [1.54, 1.807) is 12.5 Å². The van der Waals surface area contributed by atoms with Gasteiger partial charge in [-0.1, -0.05) is 0 Å². The molecule has 0 aromatic carbocycles. The lowest BCUT2D eigenvalue weighted by Crippen LogP contribution is -2.48. The summed E-state index contributed by atoms with van der Waals surface area (Å²) in [4.78, 5) is 6.48. The molecule has 1 aliphatic heterocycles. The molecule has 1 unspecified atom stereocenters. The van der Waals surface area contributed by atoms with Crippen molar-refractivity contribution in [2.45, 2.75) is 6.04 Å². The van der Waals surface area contributed by atoms with Gasteiger partial charge in [-0.05, 0) is 12.1 Å². The van der Waals surface area contributed by atoms with Gasteiger partial charge in [0.1, 0.15) is 11.4 Å². The molecule has 2 aromatic heterocycles. The van der Waals surface area contributed by atoms with Crippen LogP contribution in [0, 0.1) is 0 Å². The number of fused-ring (bicyclic) bond motifs is 1. The van der Waals surface area contributed by atoms with E-state index < -0.39 is 0 Å². The molecule has 1 aliphatic rings. The fourth-order valence-corrected chi connectivity index (χ4v) is 2.19. The number of hydrogen-bond donors (Lipinski definition) is 1. The molecule has 3 rings (SSSR count). The van der Waals surface area contributed by atoms with Crippen LogP contribution in [0.3, 0.4) is 0 Å². The molecule has 3 heterocycles. The third kappa shape index (κ3) is 1.77. The molecule has 0 bridgehead atoms. The van der Waals surface area contributed by atoms with Gasteiger partial charge in [0.05, 0.1) is 37.5 Å². The van der Waals surface area contributed by atoms with Crippen molar-refractivity contribution in [3.05, 3.63) is 24.6 Å². The van der Waals surface area contributed by atoms with Crippen LogP contribution in [0.25, 0.3) is 11.0 Å². The Labute approximate surface area is 98.6 Å². The standard InChI is InChI=1S/C12H14N2O3/c15-7-9-8-16-6-4-14(9)12-10-2-5-17-11(10)1-3-13-12/h1-3,5,9,15H,4,6-8H2. The van der Waals surface area contributed by atoms with E-state index in [1.807, 2.05) is 12.1 Å². The zero-order chi connectivity index (χ0) is 11.7. The Kier molecular flexibility index (Phi) is 2.70. The third-order valence-corrected chi connectivity index (χ3v) is 3.07. The molecule has 1 fully saturated rings. The van der Waals surface area contributed by atoms with Gasteiger partial charge in [-0.2, -0.15) is 0 Å². The molecule has 0 radical (unpaired) electrons. The molecule has 1 saturated heterocycles. The summed E-state index contributed by atoms with van der Waals surface area (Å²) >= 11 is 0. The third-order valence-electron chi connectivity index (χ3n) is 3.07. The Bertz CT molecular complexity index is 511. The minimum Gasteiger partial charge on any atom is -0.464 e. The molecule has 5 nitrogen and oxygen atoms in total. The number of pyridine rings is 1. The quantitative estimate of drug-likeness (QED) is 0.840. The minimum atomic E-state index is -0.0308. The van der Waals surface area contributed by atoms with Gasteiger partial charge < -0.3 is 19.2 Å². The van der Waals surface area contributed by atoms with Crippen LogP contribution in [0.15, 0.2) is 29.0 Å². The summed E-state index contributed by atoms with van der Waals surface area (Å²) in [5, 5.41) is 10.4. The van der Waals surface area contributed by atoms with Crippen molar-refractivity contribution in [3.63, 3.8) is 0 Å². The smallest absolute Gasteiger partial charge is 0.140 e. The van der Waals surface area contributed by atoms with Crippen LogP contribution < -0.4 is 4.90 Å². The monoisotopic (exact) mass is 234 g/mol. The zero-order valence-corrected chi connectivity index (χ0v) is 9.37.